The Morgan fingerprint density at radius 3 is 2.63 bits per heavy atom. The molecule has 0 spiro atoms. The van der Waals surface area contributed by atoms with E-state index >= 15 is 0 Å². The van der Waals surface area contributed by atoms with Gasteiger partial charge in [-0.25, -0.2) is 0 Å². The Morgan fingerprint density at radius 1 is 1.47 bits per heavy atom. The zero-order valence-corrected chi connectivity index (χ0v) is 11.7. The topological polar surface area (TPSA) is 52.3 Å². The van der Waals surface area contributed by atoms with Gasteiger partial charge in [0.05, 0.1) is 12.2 Å². The number of hydrogen-bond acceptors (Lipinski definition) is 3. The van der Waals surface area contributed by atoms with E-state index in [0.29, 0.717) is 10.0 Å². The highest BCUT2D eigenvalue weighted by Crippen LogP contribution is 2.32. The molecule has 1 aromatic carbocycles. The fourth-order valence-electron chi connectivity index (χ4n) is 1.48. The molecule has 0 aliphatic rings. The van der Waals surface area contributed by atoms with Crippen LogP contribution in [0.5, 0.6) is 0 Å². The quantitative estimate of drug-likeness (QED) is 0.858. The van der Waals surface area contributed by atoms with Crippen molar-refractivity contribution < 1.29 is 22.7 Å². The zero-order valence-electron chi connectivity index (χ0n) is 10.1. The molecule has 0 bridgehead atoms. The largest absolute Gasteiger partial charge is 0.465 e. The van der Waals surface area contributed by atoms with E-state index < -0.39 is 23.8 Å². The molecule has 0 radical (unpaired) electrons. The SMILES string of the molecule is CCOC(=O)C(N)Cc1cc(C(F)(F)F)ccc1Br. The summed E-state index contributed by atoms with van der Waals surface area (Å²) < 4.78 is 42.9. The average molecular weight is 340 g/mol. The van der Waals surface area contributed by atoms with Gasteiger partial charge in [0.1, 0.15) is 6.04 Å². The van der Waals surface area contributed by atoms with E-state index in [9.17, 15) is 18.0 Å². The number of carbonyl (C=O) groups is 1. The monoisotopic (exact) mass is 339 g/mol. The summed E-state index contributed by atoms with van der Waals surface area (Å²) >= 11 is 3.14. The smallest absolute Gasteiger partial charge is 0.416 e. The fraction of sp³-hybridized carbons (Fsp3) is 0.417. The third-order valence-electron chi connectivity index (χ3n) is 2.40. The predicted octanol–water partition coefficient (Wildman–Crippen LogP) is 2.90. The molecule has 1 unspecified atom stereocenters. The average Bonchev–Trinajstić information content (AvgIpc) is 2.30. The summed E-state index contributed by atoms with van der Waals surface area (Å²) in [6.07, 6.45) is -4.45. The Labute approximate surface area is 117 Å². The zero-order chi connectivity index (χ0) is 14.6. The third-order valence-corrected chi connectivity index (χ3v) is 3.18. The molecule has 1 aromatic rings. The van der Waals surface area contributed by atoms with Gasteiger partial charge in [-0.1, -0.05) is 15.9 Å². The van der Waals surface area contributed by atoms with Crippen LogP contribution in [0.25, 0.3) is 0 Å². The van der Waals surface area contributed by atoms with Crippen molar-refractivity contribution in [2.75, 3.05) is 6.61 Å². The van der Waals surface area contributed by atoms with Gasteiger partial charge in [-0.05, 0) is 37.1 Å². The maximum absolute atomic E-state index is 12.6. The number of alkyl halides is 3. The molecule has 19 heavy (non-hydrogen) atoms. The summed E-state index contributed by atoms with van der Waals surface area (Å²) in [5.74, 6) is -0.633. The normalized spacial score (nSPS) is 13.2. The molecule has 0 saturated heterocycles. The number of ether oxygens (including phenoxy) is 1. The molecule has 2 N–H and O–H groups in total. The maximum Gasteiger partial charge on any atom is 0.416 e. The van der Waals surface area contributed by atoms with Crippen molar-refractivity contribution in [2.45, 2.75) is 25.6 Å². The molecule has 0 aromatic heterocycles. The van der Waals surface area contributed by atoms with Gasteiger partial charge in [0.15, 0.2) is 0 Å². The maximum atomic E-state index is 12.6. The highest BCUT2D eigenvalue weighted by Gasteiger charge is 2.31. The molecule has 0 heterocycles. The number of halogens is 4. The number of benzene rings is 1. The molecule has 7 heteroatoms. The number of hydrogen-bond donors (Lipinski definition) is 1. The minimum absolute atomic E-state index is 0.0245. The van der Waals surface area contributed by atoms with Gasteiger partial charge in [-0.15, -0.1) is 0 Å². The molecular weight excluding hydrogens is 327 g/mol. The predicted molar refractivity (Wildman–Crippen MR) is 67.5 cm³/mol. The van der Waals surface area contributed by atoms with E-state index in [1.807, 2.05) is 0 Å². The molecule has 1 atom stereocenters. The number of rotatable bonds is 4. The highest BCUT2D eigenvalue weighted by atomic mass is 79.9. The standard InChI is InChI=1S/C12H13BrF3NO2/c1-2-19-11(18)10(17)6-7-5-8(12(14,15)16)3-4-9(7)13/h3-5,10H,2,6,17H2,1H3. The lowest BCUT2D eigenvalue weighted by Crippen LogP contribution is -2.34. The fourth-order valence-corrected chi connectivity index (χ4v) is 1.89. The summed E-state index contributed by atoms with van der Waals surface area (Å²) in [6.45, 7) is 1.81. The van der Waals surface area contributed by atoms with E-state index in [0.717, 1.165) is 12.1 Å². The molecule has 106 valence electrons. The van der Waals surface area contributed by atoms with Crippen molar-refractivity contribution in [3.05, 3.63) is 33.8 Å². The van der Waals surface area contributed by atoms with Crippen molar-refractivity contribution in [3.8, 4) is 0 Å². The van der Waals surface area contributed by atoms with Crippen molar-refractivity contribution in [1.82, 2.24) is 0 Å². The van der Waals surface area contributed by atoms with Gasteiger partial charge in [0, 0.05) is 4.47 Å². The lowest BCUT2D eigenvalue weighted by atomic mass is 10.0. The molecule has 0 fully saturated rings. The molecule has 1 rings (SSSR count). The van der Waals surface area contributed by atoms with Crippen molar-refractivity contribution >= 4 is 21.9 Å². The lowest BCUT2D eigenvalue weighted by molar-refractivity contribution is -0.144. The molecule has 0 saturated carbocycles. The van der Waals surface area contributed by atoms with E-state index in [1.54, 1.807) is 6.92 Å². The van der Waals surface area contributed by atoms with Crippen molar-refractivity contribution in [2.24, 2.45) is 5.73 Å². The van der Waals surface area contributed by atoms with Crippen molar-refractivity contribution in [1.29, 1.82) is 0 Å². The summed E-state index contributed by atoms with van der Waals surface area (Å²) in [5, 5.41) is 0. The summed E-state index contributed by atoms with van der Waals surface area (Å²) in [4.78, 5) is 11.4. The van der Waals surface area contributed by atoms with Crippen LogP contribution in [0.15, 0.2) is 22.7 Å². The van der Waals surface area contributed by atoms with Gasteiger partial charge in [-0.3, -0.25) is 4.79 Å². The van der Waals surface area contributed by atoms with Crippen LogP contribution in [0.2, 0.25) is 0 Å². The van der Waals surface area contributed by atoms with Crippen LogP contribution in [0, 0.1) is 0 Å². The van der Waals surface area contributed by atoms with Gasteiger partial charge in [0.25, 0.3) is 0 Å². The summed E-state index contributed by atoms with van der Waals surface area (Å²) in [6, 6.07) is 2.24. The van der Waals surface area contributed by atoms with Crippen LogP contribution in [-0.4, -0.2) is 18.6 Å². The van der Waals surface area contributed by atoms with Gasteiger partial charge < -0.3 is 10.5 Å². The minimum atomic E-state index is -4.43. The summed E-state index contributed by atoms with van der Waals surface area (Å²) in [5.41, 5.74) is 5.13. The molecule has 3 nitrogen and oxygen atoms in total. The summed E-state index contributed by atoms with van der Waals surface area (Å²) in [7, 11) is 0. The van der Waals surface area contributed by atoms with E-state index in [1.165, 1.54) is 6.07 Å². The number of carbonyl (C=O) groups excluding carboxylic acids is 1. The van der Waals surface area contributed by atoms with Crippen LogP contribution in [-0.2, 0) is 22.1 Å². The van der Waals surface area contributed by atoms with Crippen molar-refractivity contribution in [3.63, 3.8) is 0 Å². The Bertz CT molecular complexity index is 463. The van der Waals surface area contributed by atoms with Crippen LogP contribution < -0.4 is 5.73 Å². The first-order chi connectivity index (χ1) is 8.75. The number of esters is 1. The Balaban J connectivity index is 2.91. The van der Waals surface area contributed by atoms with Gasteiger partial charge >= 0.3 is 12.1 Å². The second-order valence-corrected chi connectivity index (χ2v) is 4.72. The molecule has 0 aliphatic carbocycles. The first kappa shape index (κ1) is 16.0. The highest BCUT2D eigenvalue weighted by molar-refractivity contribution is 9.10. The molecule has 0 amide bonds. The van der Waals surface area contributed by atoms with E-state index in [2.05, 4.69) is 15.9 Å². The van der Waals surface area contributed by atoms with E-state index in [4.69, 9.17) is 10.5 Å². The Morgan fingerprint density at radius 2 is 2.11 bits per heavy atom. The third kappa shape index (κ3) is 4.50. The van der Waals surface area contributed by atoms with Crippen LogP contribution in [0.1, 0.15) is 18.1 Å². The van der Waals surface area contributed by atoms with Gasteiger partial charge in [0.2, 0.25) is 0 Å². The molecule has 0 aliphatic heterocycles. The molecular formula is C12H13BrF3NO2. The Kier molecular flexibility index (Phi) is 5.37. The number of nitrogens with two attached hydrogens (primary N) is 1. The second kappa shape index (κ2) is 6.38. The second-order valence-electron chi connectivity index (χ2n) is 3.87. The lowest BCUT2D eigenvalue weighted by Gasteiger charge is -2.14. The minimum Gasteiger partial charge on any atom is -0.465 e. The van der Waals surface area contributed by atoms with E-state index in [-0.39, 0.29) is 13.0 Å². The van der Waals surface area contributed by atoms with Crippen LogP contribution >= 0.6 is 15.9 Å². The first-order valence-corrected chi connectivity index (χ1v) is 6.32. The first-order valence-electron chi connectivity index (χ1n) is 5.53. The Hall–Kier alpha value is -1.08. The van der Waals surface area contributed by atoms with Gasteiger partial charge in [-0.2, -0.15) is 13.2 Å². The van der Waals surface area contributed by atoms with Crippen LogP contribution in [0.3, 0.4) is 0 Å². The van der Waals surface area contributed by atoms with Crippen LogP contribution in [0.4, 0.5) is 13.2 Å².